The topological polar surface area (TPSA) is 39.1 Å². The third-order valence-corrected chi connectivity index (χ3v) is 3.62. The van der Waals surface area contributed by atoms with E-state index in [1.54, 1.807) is 6.20 Å². The third-order valence-electron chi connectivity index (χ3n) is 3.11. The highest BCUT2D eigenvalue weighted by molar-refractivity contribution is 6.18. The van der Waals surface area contributed by atoms with Crippen LogP contribution in [0.2, 0.25) is 0 Å². The standard InChI is InChI=1S/C11H18ClN3O/c12-10-11(2-8-16-9-3-11)13-5-7-15-6-1-4-14-15/h1,4,6,13H,2-3,5,7-10H2. The molecule has 1 aromatic rings. The SMILES string of the molecule is ClCC1(NCCn2cccn2)CCOCC1. The number of hydrogen-bond acceptors (Lipinski definition) is 3. The maximum atomic E-state index is 6.06. The molecule has 1 aliphatic rings. The molecule has 0 atom stereocenters. The summed E-state index contributed by atoms with van der Waals surface area (Å²) in [6, 6.07) is 1.94. The lowest BCUT2D eigenvalue weighted by molar-refractivity contribution is 0.0463. The van der Waals surface area contributed by atoms with Gasteiger partial charge in [0.2, 0.25) is 0 Å². The normalized spacial score (nSPS) is 19.8. The molecule has 1 N–H and O–H groups in total. The Bertz CT molecular complexity index is 296. The van der Waals surface area contributed by atoms with Crippen molar-refractivity contribution in [1.29, 1.82) is 0 Å². The highest BCUT2D eigenvalue weighted by Gasteiger charge is 2.30. The summed E-state index contributed by atoms with van der Waals surface area (Å²) < 4.78 is 7.29. The Labute approximate surface area is 101 Å². The third kappa shape index (κ3) is 2.97. The van der Waals surface area contributed by atoms with Gasteiger partial charge in [-0.2, -0.15) is 5.10 Å². The van der Waals surface area contributed by atoms with E-state index in [4.69, 9.17) is 16.3 Å². The summed E-state index contributed by atoms with van der Waals surface area (Å²) in [5, 5.41) is 7.72. The van der Waals surface area contributed by atoms with Crippen LogP contribution in [0.4, 0.5) is 0 Å². The van der Waals surface area contributed by atoms with E-state index in [1.807, 2.05) is 16.9 Å². The van der Waals surface area contributed by atoms with Gasteiger partial charge in [0.05, 0.1) is 6.54 Å². The second-order valence-corrected chi connectivity index (χ2v) is 4.49. The zero-order chi connectivity index (χ0) is 11.3. The summed E-state index contributed by atoms with van der Waals surface area (Å²) in [5.74, 6) is 0.648. The van der Waals surface area contributed by atoms with Crippen LogP contribution in [-0.4, -0.2) is 41.0 Å². The van der Waals surface area contributed by atoms with Crippen molar-refractivity contribution in [2.75, 3.05) is 25.6 Å². The summed E-state index contributed by atoms with van der Waals surface area (Å²) in [6.45, 7) is 3.39. The first kappa shape index (κ1) is 11.9. The molecule has 1 aromatic heterocycles. The fraction of sp³-hybridized carbons (Fsp3) is 0.727. The lowest BCUT2D eigenvalue weighted by Crippen LogP contribution is -2.51. The van der Waals surface area contributed by atoms with Crippen LogP contribution in [-0.2, 0) is 11.3 Å². The van der Waals surface area contributed by atoms with Gasteiger partial charge in [-0.3, -0.25) is 4.68 Å². The second kappa shape index (κ2) is 5.66. The van der Waals surface area contributed by atoms with Gasteiger partial charge in [0.15, 0.2) is 0 Å². The highest BCUT2D eigenvalue weighted by atomic mass is 35.5. The Morgan fingerprint density at radius 2 is 2.25 bits per heavy atom. The van der Waals surface area contributed by atoms with Gasteiger partial charge in [-0.05, 0) is 18.9 Å². The maximum Gasteiger partial charge on any atom is 0.0534 e. The molecule has 0 spiro atoms. The highest BCUT2D eigenvalue weighted by Crippen LogP contribution is 2.21. The van der Waals surface area contributed by atoms with Gasteiger partial charge >= 0.3 is 0 Å². The van der Waals surface area contributed by atoms with Gasteiger partial charge in [-0.15, -0.1) is 11.6 Å². The van der Waals surface area contributed by atoms with E-state index in [9.17, 15) is 0 Å². The molecule has 90 valence electrons. The number of hydrogen-bond donors (Lipinski definition) is 1. The predicted molar refractivity (Wildman–Crippen MR) is 63.7 cm³/mol. The van der Waals surface area contributed by atoms with Crippen molar-refractivity contribution in [3.05, 3.63) is 18.5 Å². The molecule has 0 aliphatic carbocycles. The monoisotopic (exact) mass is 243 g/mol. The first-order chi connectivity index (χ1) is 7.85. The smallest absolute Gasteiger partial charge is 0.0534 e. The van der Waals surface area contributed by atoms with E-state index in [0.29, 0.717) is 5.88 Å². The zero-order valence-corrected chi connectivity index (χ0v) is 10.1. The number of ether oxygens (including phenoxy) is 1. The van der Waals surface area contributed by atoms with Crippen LogP contribution in [0, 0.1) is 0 Å². The van der Waals surface area contributed by atoms with Crippen molar-refractivity contribution in [2.24, 2.45) is 0 Å². The van der Waals surface area contributed by atoms with Crippen molar-refractivity contribution in [3.63, 3.8) is 0 Å². The first-order valence-corrected chi connectivity index (χ1v) is 6.24. The Balaban J connectivity index is 1.78. The summed E-state index contributed by atoms with van der Waals surface area (Å²) in [5.41, 5.74) is 0.0625. The minimum Gasteiger partial charge on any atom is -0.381 e. The van der Waals surface area contributed by atoms with Crippen molar-refractivity contribution >= 4 is 11.6 Å². The Morgan fingerprint density at radius 3 is 2.88 bits per heavy atom. The lowest BCUT2D eigenvalue weighted by atomic mass is 9.92. The van der Waals surface area contributed by atoms with Gasteiger partial charge in [0.25, 0.3) is 0 Å². The zero-order valence-electron chi connectivity index (χ0n) is 9.36. The largest absolute Gasteiger partial charge is 0.381 e. The molecule has 0 radical (unpaired) electrons. The summed E-state index contributed by atoms with van der Waals surface area (Å²) in [4.78, 5) is 0. The van der Waals surface area contributed by atoms with E-state index in [2.05, 4.69) is 10.4 Å². The van der Waals surface area contributed by atoms with Crippen LogP contribution < -0.4 is 5.32 Å². The molecule has 5 heteroatoms. The molecular weight excluding hydrogens is 226 g/mol. The number of nitrogens with one attached hydrogen (secondary N) is 1. The van der Waals surface area contributed by atoms with Crippen LogP contribution >= 0.6 is 11.6 Å². The predicted octanol–water partition coefficient (Wildman–Crippen LogP) is 1.26. The van der Waals surface area contributed by atoms with E-state index in [1.165, 1.54) is 0 Å². The quantitative estimate of drug-likeness (QED) is 0.792. The van der Waals surface area contributed by atoms with Gasteiger partial charge in [-0.25, -0.2) is 0 Å². The van der Waals surface area contributed by atoms with Gasteiger partial charge < -0.3 is 10.1 Å². The van der Waals surface area contributed by atoms with Crippen LogP contribution in [0.1, 0.15) is 12.8 Å². The van der Waals surface area contributed by atoms with E-state index >= 15 is 0 Å². The van der Waals surface area contributed by atoms with Crippen molar-refractivity contribution < 1.29 is 4.74 Å². The Hall–Kier alpha value is -0.580. The van der Waals surface area contributed by atoms with Crippen LogP contribution in [0.5, 0.6) is 0 Å². The van der Waals surface area contributed by atoms with Gasteiger partial charge in [0, 0.05) is 43.6 Å². The molecule has 16 heavy (non-hydrogen) atoms. The molecule has 0 aromatic carbocycles. The summed E-state index contributed by atoms with van der Waals surface area (Å²) in [7, 11) is 0. The number of nitrogens with zero attached hydrogens (tertiary/aromatic N) is 2. The van der Waals surface area contributed by atoms with Gasteiger partial charge in [-0.1, -0.05) is 0 Å². The average molecular weight is 244 g/mol. The Kier molecular flexibility index (Phi) is 4.21. The molecule has 0 unspecified atom stereocenters. The molecular formula is C11H18ClN3O. The lowest BCUT2D eigenvalue weighted by Gasteiger charge is -2.36. The first-order valence-electron chi connectivity index (χ1n) is 5.71. The van der Waals surface area contributed by atoms with Crippen LogP contribution in [0.15, 0.2) is 18.5 Å². The van der Waals surface area contributed by atoms with Crippen molar-refractivity contribution in [2.45, 2.75) is 24.9 Å². The van der Waals surface area contributed by atoms with Crippen LogP contribution in [0.25, 0.3) is 0 Å². The fourth-order valence-electron chi connectivity index (χ4n) is 1.99. The molecule has 0 bridgehead atoms. The van der Waals surface area contributed by atoms with Crippen molar-refractivity contribution in [1.82, 2.24) is 15.1 Å². The molecule has 1 fully saturated rings. The minimum atomic E-state index is 0.0625. The molecule has 4 nitrogen and oxygen atoms in total. The molecule has 1 saturated heterocycles. The number of aromatic nitrogens is 2. The number of halogens is 1. The van der Waals surface area contributed by atoms with Gasteiger partial charge in [0.1, 0.15) is 0 Å². The Morgan fingerprint density at radius 1 is 1.44 bits per heavy atom. The second-order valence-electron chi connectivity index (χ2n) is 4.22. The molecule has 2 heterocycles. The molecule has 2 rings (SSSR count). The van der Waals surface area contributed by atoms with Crippen molar-refractivity contribution in [3.8, 4) is 0 Å². The molecule has 0 amide bonds. The molecule has 0 saturated carbocycles. The molecule has 1 aliphatic heterocycles. The fourth-order valence-corrected chi connectivity index (χ4v) is 2.35. The van der Waals surface area contributed by atoms with Crippen LogP contribution in [0.3, 0.4) is 0 Å². The van der Waals surface area contributed by atoms with E-state index < -0.39 is 0 Å². The van der Waals surface area contributed by atoms with E-state index in [0.717, 1.165) is 39.1 Å². The number of rotatable bonds is 5. The van der Waals surface area contributed by atoms with E-state index in [-0.39, 0.29) is 5.54 Å². The minimum absolute atomic E-state index is 0.0625. The summed E-state index contributed by atoms with van der Waals surface area (Å²) >= 11 is 6.06. The maximum absolute atomic E-state index is 6.06. The summed E-state index contributed by atoms with van der Waals surface area (Å²) in [6.07, 6.45) is 5.76. The number of alkyl halides is 1. The average Bonchev–Trinajstić information content (AvgIpc) is 2.83.